The molecule has 0 radical (unpaired) electrons. The predicted octanol–water partition coefficient (Wildman–Crippen LogP) is 1.63. The highest BCUT2D eigenvalue weighted by Gasteiger charge is 2.22. The first-order valence-corrected chi connectivity index (χ1v) is 7.34. The number of halogens is 2. The Morgan fingerprint density at radius 3 is 2.50 bits per heavy atom. The molecular weight excluding hydrogens is 317 g/mol. The molecule has 1 fully saturated rings. The number of hydrogen-bond acceptors (Lipinski definition) is 4. The minimum atomic E-state index is -0.373. The maximum absolute atomic E-state index is 11.7. The molecule has 0 aliphatic carbocycles. The molecule has 0 unspecified atom stereocenters. The molecule has 116 valence electrons. The molecule has 1 aromatic heterocycles. The molecule has 1 aromatic rings. The number of amides is 1. The molecule has 1 aliphatic rings. The summed E-state index contributed by atoms with van der Waals surface area (Å²) in [6.45, 7) is 6.38. The Kier molecular flexibility index (Phi) is 9.42. The van der Waals surface area contributed by atoms with Gasteiger partial charge in [-0.25, -0.2) is 0 Å². The molecule has 0 aromatic carbocycles. The van der Waals surface area contributed by atoms with Crippen LogP contribution in [0.3, 0.4) is 0 Å². The summed E-state index contributed by atoms with van der Waals surface area (Å²) in [6, 6.07) is 3.91. The van der Waals surface area contributed by atoms with Gasteiger partial charge in [0, 0.05) is 37.6 Å². The van der Waals surface area contributed by atoms with E-state index in [1.54, 1.807) is 6.92 Å². The molecule has 1 amide bonds. The van der Waals surface area contributed by atoms with Crippen molar-refractivity contribution in [1.82, 2.24) is 9.80 Å². The first-order valence-electron chi connectivity index (χ1n) is 6.46. The van der Waals surface area contributed by atoms with Crippen LogP contribution in [0.15, 0.2) is 17.5 Å². The largest absolute Gasteiger partial charge is 0.339 e. The molecule has 20 heavy (non-hydrogen) atoms. The Morgan fingerprint density at radius 2 is 2.00 bits per heavy atom. The van der Waals surface area contributed by atoms with Gasteiger partial charge in [0.1, 0.15) is 0 Å². The van der Waals surface area contributed by atoms with Crippen LogP contribution in [0.5, 0.6) is 0 Å². The number of nitrogens with zero attached hydrogens (tertiary/aromatic N) is 2. The zero-order chi connectivity index (χ0) is 13.0. The number of piperazine rings is 1. The van der Waals surface area contributed by atoms with Gasteiger partial charge in [-0.15, -0.1) is 36.2 Å². The number of carbonyl (C=O) groups is 1. The van der Waals surface area contributed by atoms with Gasteiger partial charge in [-0.05, 0) is 24.8 Å². The highest BCUT2D eigenvalue weighted by Crippen LogP contribution is 2.11. The van der Waals surface area contributed by atoms with Crippen molar-refractivity contribution in [3.05, 3.63) is 22.4 Å². The first kappa shape index (κ1) is 19.7. The van der Waals surface area contributed by atoms with E-state index < -0.39 is 0 Å². The van der Waals surface area contributed by atoms with E-state index in [1.807, 2.05) is 16.2 Å². The first-order chi connectivity index (χ1) is 8.66. The summed E-state index contributed by atoms with van der Waals surface area (Å²) in [5, 5.41) is 2.12. The molecule has 0 bridgehead atoms. The SMILES string of the molecule is C[C@@H](N)C(=O)N1CCN(CCc2cccs2)CC1.Cl.Cl. The Balaban J connectivity index is 0.00000180. The molecule has 2 N–H and O–H groups in total. The van der Waals surface area contributed by atoms with E-state index in [-0.39, 0.29) is 36.8 Å². The lowest BCUT2D eigenvalue weighted by Gasteiger charge is -2.35. The third-order valence-corrected chi connectivity index (χ3v) is 4.26. The van der Waals surface area contributed by atoms with Crippen LogP contribution in [-0.4, -0.2) is 54.5 Å². The molecule has 2 rings (SSSR count). The Hall–Kier alpha value is -0.330. The van der Waals surface area contributed by atoms with Crippen LogP contribution in [0.2, 0.25) is 0 Å². The zero-order valence-corrected chi connectivity index (χ0v) is 14.1. The Labute approximate surface area is 137 Å². The van der Waals surface area contributed by atoms with Gasteiger partial charge in [0.15, 0.2) is 0 Å². The topological polar surface area (TPSA) is 49.6 Å². The molecular formula is C13H23Cl2N3OS. The van der Waals surface area contributed by atoms with Crippen molar-refractivity contribution in [3.8, 4) is 0 Å². The average Bonchev–Trinajstić information content (AvgIpc) is 2.89. The van der Waals surface area contributed by atoms with Crippen molar-refractivity contribution in [3.63, 3.8) is 0 Å². The second-order valence-electron chi connectivity index (χ2n) is 4.78. The number of carbonyl (C=O) groups excluding carboxylic acids is 1. The molecule has 1 saturated heterocycles. The molecule has 2 heterocycles. The van der Waals surface area contributed by atoms with Gasteiger partial charge in [-0.2, -0.15) is 0 Å². The van der Waals surface area contributed by atoms with E-state index in [0.29, 0.717) is 0 Å². The van der Waals surface area contributed by atoms with Crippen molar-refractivity contribution in [2.45, 2.75) is 19.4 Å². The summed E-state index contributed by atoms with van der Waals surface area (Å²) in [7, 11) is 0. The van der Waals surface area contributed by atoms with Gasteiger partial charge in [-0.1, -0.05) is 6.07 Å². The lowest BCUT2D eigenvalue weighted by atomic mass is 10.2. The molecule has 1 aliphatic heterocycles. The van der Waals surface area contributed by atoms with E-state index in [9.17, 15) is 4.79 Å². The average molecular weight is 340 g/mol. The fraction of sp³-hybridized carbons (Fsp3) is 0.615. The van der Waals surface area contributed by atoms with Gasteiger partial charge in [0.25, 0.3) is 0 Å². The van der Waals surface area contributed by atoms with Crippen molar-refractivity contribution < 1.29 is 4.79 Å². The number of nitrogens with two attached hydrogens (primary N) is 1. The van der Waals surface area contributed by atoms with Crippen molar-refractivity contribution in [2.24, 2.45) is 5.73 Å². The number of hydrogen-bond donors (Lipinski definition) is 1. The summed E-state index contributed by atoms with van der Waals surface area (Å²) in [5.41, 5.74) is 5.62. The second kappa shape index (κ2) is 9.58. The second-order valence-corrected chi connectivity index (χ2v) is 5.82. The van der Waals surface area contributed by atoms with E-state index in [0.717, 1.165) is 39.1 Å². The standard InChI is InChI=1S/C13H21N3OS.2ClH/c1-11(14)13(17)16-8-6-15(7-9-16)5-4-12-3-2-10-18-12;;/h2-3,10-11H,4-9,14H2,1H3;2*1H/t11-;;/m1../s1. The maximum Gasteiger partial charge on any atom is 0.239 e. The van der Waals surface area contributed by atoms with Crippen LogP contribution >= 0.6 is 36.2 Å². The molecule has 4 nitrogen and oxygen atoms in total. The van der Waals surface area contributed by atoms with Crippen molar-refractivity contribution in [1.29, 1.82) is 0 Å². The zero-order valence-electron chi connectivity index (χ0n) is 11.7. The fourth-order valence-electron chi connectivity index (χ4n) is 2.20. The lowest BCUT2D eigenvalue weighted by Crippen LogP contribution is -2.52. The Morgan fingerprint density at radius 1 is 1.35 bits per heavy atom. The van der Waals surface area contributed by atoms with Crippen molar-refractivity contribution >= 4 is 42.1 Å². The minimum Gasteiger partial charge on any atom is -0.339 e. The summed E-state index contributed by atoms with van der Waals surface area (Å²) in [5.74, 6) is 0.0768. The quantitative estimate of drug-likeness (QED) is 0.906. The van der Waals surface area contributed by atoms with E-state index in [2.05, 4.69) is 22.4 Å². The highest BCUT2D eigenvalue weighted by molar-refractivity contribution is 7.09. The van der Waals surface area contributed by atoms with Crippen LogP contribution in [0.4, 0.5) is 0 Å². The van der Waals surface area contributed by atoms with Gasteiger partial charge in [0.05, 0.1) is 6.04 Å². The third-order valence-electron chi connectivity index (χ3n) is 3.33. The van der Waals surface area contributed by atoms with Crippen LogP contribution < -0.4 is 5.73 Å². The summed E-state index contributed by atoms with van der Waals surface area (Å²) >= 11 is 1.81. The molecule has 0 spiro atoms. The van der Waals surface area contributed by atoms with Crippen molar-refractivity contribution in [2.75, 3.05) is 32.7 Å². The Bertz CT molecular complexity index is 379. The maximum atomic E-state index is 11.7. The smallest absolute Gasteiger partial charge is 0.239 e. The van der Waals surface area contributed by atoms with Crippen LogP contribution in [0.1, 0.15) is 11.8 Å². The van der Waals surface area contributed by atoms with Crippen LogP contribution in [-0.2, 0) is 11.2 Å². The lowest BCUT2D eigenvalue weighted by molar-refractivity contribution is -0.133. The van der Waals surface area contributed by atoms with Gasteiger partial charge >= 0.3 is 0 Å². The number of thiophene rings is 1. The van der Waals surface area contributed by atoms with Gasteiger partial charge in [-0.3, -0.25) is 9.69 Å². The molecule has 7 heteroatoms. The van der Waals surface area contributed by atoms with Crippen LogP contribution in [0.25, 0.3) is 0 Å². The predicted molar refractivity (Wildman–Crippen MR) is 89.2 cm³/mol. The van der Waals surface area contributed by atoms with Gasteiger partial charge < -0.3 is 10.6 Å². The fourth-order valence-corrected chi connectivity index (χ4v) is 2.90. The summed E-state index contributed by atoms with van der Waals surface area (Å²) < 4.78 is 0. The monoisotopic (exact) mass is 339 g/mol. The summed E-state index contributed by atoms with van der Waals surface area (Å²) in [4.78, 5) is 17.5. The van der Waals surface area contributed by atoms with E-state index in [4.69, 9.17) is 5.73 Å². The summed E-state index contributed by atoms with van der Waals surface area (Å²) in [6.07, 6.45) is 1.11. The molecule has 0 saturated carbocycles. The molecule has 1 atom stereocenters. The van der Waals surface area contributed by atoms with Gasteiger partial charge in [0.2, 0.25) is 5.91 Å². The van der Waals surface area contributed by atoms with E-state index in [1.165, 1.54) is 4.88 Å². The normalized spacial score (nSPS) is 17.0. The number of rotatable bonds is 4. The third kappa shape index (κ3) is 5.58. The minimum absolute atomic E-state index is 0. The highest BCUT2D eigenvalue weighted by atomic mass is 35.5. The van der Waals surface area contributed by atoms with E-state index >= 15 is 0 Å². The van der Waals surface area contributed by atoms with Crippen LogP contribution in [0, 0.1) is 0 Å².